The molecule has 0 spiro atoms. The van der Waals surface area contributed by atoms with Crippen LogP contribution in [0.1, 0.15) is 21.6 Å². The van der Waals surface area contributed by atoms with Crippen molar-refractivity contribution < 1.29 is 4.79 Å². The highest BCUT2D eigenvalue weighted by atomic mass is 35.5. The standard InChI is InChI=1S/C25H22ClN3O3S/c1-15-16(2)33-24-22(15)23(31)29(20-9-5-8-19(26)12-20)25(32)28(24)14-21(30)27-11-10-17-6-3-4-7-18(17)13-27/h3-9,12H,10-11,13-14H2,1-2H3. The first-order valence-corrected chi connectivity index (χ1v) is 11.9. The molecule has 1 aliphatic heterocycles. The average molecular weight is 480 g/mol. The Morgan fingerprint density at radius 3 is 2.58 bits per heavy atom. The zero-order chi connectivity index (χ0) is 23.3. The Balaban J connectivity index is 1.62. The molecule has 0 atom stereocenters. The van der Waals surface area contributed by atoms with Gasteiger partial charge < -0.3 is 4.90 Å². The fraction of sp³-hybridized carbons (Fsp3) is 0.240. The van der Waals surface area contributed by atoms with Crippen molar-refractivity contribution in [1.29, 1.82) is 0 Å². The van der Waals surface area contributed by atoms with Crippen LogP contribution in [-0.2, 0) is 24.3 Å². The van der Waals surface area contributed by atoms with Gasteiger partial charge in [0.1, 0.15) is 11.4 Å². The minimum absolute atomic E-state index is 0.127. The molecule has 1 aliphatic rings. The van der Waals surface area contributed by atoms with Gasteiger partial charge in [-0.05, 0) is 55.2 Å². The molecule has 3 heterocycles. The Morgan fingerprint density at radius 2 is 1.82 bits per heavy atom. The summed E-state index contributed by atoms with van der Waals surface area (Å²) < 4.78 is 2.55. The van der Waals surface area contributed by atoms with Crippen LogP contribution in [-0.4, -0.2) is 26.5 Å². The molecule has 5 rings (SSSR count). The fourth-order valence-electron chi connectivity index (χ4n) is 4.38. The maximum Gasteiger partial charge on any atom is 0.337 e. The molecule has 0 N–H and O–H groups in total. The number of thiophene rings is 1. The van der Waals surface area contributed by atoms with E-state index in [2.05, 4.69) is 6.07 Å². The average Bonchev–Trinajstić information content (AvgIpc) is 3.10. The number of fused-ring (bicyclic) bond motifs is 2. The largest absolute Gasteiger partial charge is 0.337 e. The number of aromatic nitrogens is 2. The highest BCUT2D eigenvalue weighted by Crippen LogP contribution is 2.28. The van der Waals surface area contributed by atoms with E-state index in [1.54, 1.807) is 29.2 Å². The summed E-state index contributed by atoms with van der Waals surface area (Å²) in [5, 5.41) is 0.889. The smallest absolute Gasteiger partial charge is 0.336 e. The second-order valence-corrected chi connectivity index (χ2v) is 9.93. The molecule has 0 aliphatic carbocycles. The molecule has 33 heavy (non-hydrogen) atoms. The van der Waals surface area contributed by atoms with Gasteiger partial charge in [-0.2, -0.15) is 0 Å². The van der Waals surface area contributed by atoms with Crippen LogP contribution in [0.25, 0.3) is 15.9 Å². The summed E-state index contributed by atoms with van der Waals surface area (Å²) in [6.45, 7) is 4.78. The number of halogens is 1. The summed E-state index contributed by atoms with van der Waals surface area (Å²) in [6, 6.07) is 14.7. The molecule has 6 nitrogen and oxygen atoms in total. The first kappa shape index (κ1) is 21.7. The van der Waals surface area contributed by atoms with Gasteiger partial charge in [0.05, 0.1) is 11.1 Å². The topological polar surface area (TPSA) is 64.3 Å². The van der Waals surface area contributed by atoms with Crippen LogP contribution >= 0.6 is 22.9 Å². The van der Waals surface area contributed by atoms with Gasteiger partial charge in [0, 0.05) is 23.0 Å². The van der Waals surface area contributed by atoms with E-state index < -0.39 is 11.2 Å². The van der Waals surface area contributed by atoms with Gasteiger partial charge in [-0.3, -0.25) is 14.2 Å². The van der Waals surface area contributed by atoms with E-state index in [9.17, 15) is 14.4 Å². The number of aryl methyl sites for hydroxylation is 2. The lowest BCUT2D eigenvalue weighted by atomic mass is 10.00. The number of rotatable bonds is 3. The minimum Gasteiger partial charge on any atom is -0.336 e. The maximum absolute atomic E-state index is 13.6. The molecule has 1 amide bonds. The monoisotopic (exact) mass is 479 g/mol. The van der Waals surface area contributed by atoms with Crippen molar-refractivity contribution in [2.24, 2.45) is 0 Å². The van der Waals surface area contributed by atoms with E-state index in [0.717, 1.165) is 27.0 Å². The third-order valence-corrected chi connectivity index (χ3v) is 7.76. The van der Waals surface area contributed by atoms with Crippen molar-refractivity contribution in [2.75, 3.05) is 6.54 Å². The van der Waals surface area contributed by atoms with Gasteiger partial charge >= 0.3 is 5.69 Å². The number of carbonyl (C=O) groups is 1. The number of benzene rings is 2. The Morgan fingerprint density at radius 1 is 1.06 bits per heavy atom. The van der Waals surface area contributed by atoms with Crippen molar-refractivity contribution in [3.8, 4) is 5.69 Å². The summed E-state index contributed by atoms with van der Waals surface area (Å²) in [5.74, 6) is -0.145. The molecule has 2 aromatic carbocycles. The van der Waals surface area contributed by atoms with E-state index in [0.29, 0.717) is 34.0 Å². The molecular formula is C25H22ClN3O3S. The van der Waals surface area contributed by atoms with Gasteiger partial charge in [-0.25, -0.2) is 9.36 Å². The van der Waals surface area contributed by atoms with Crippen molar-refractivity contribution >= 4 is 39.1 Å². The van der Waals surface area contributed by atoms with E-state index in [-0.39, 0.29) is 12.5 Å². The van der Waals surface area contributed by atoms with Crippen LogP contribution in [0, 0.1) is 13.8 Å². The zero-order valence-electron chi connectivity index (χ0n) is 18.3. The normalized spacial score (nSPS) is 13.4. The molecule has 0 bridgehead atoms. The third kappa shape index (κ3) is 3.71. The first-order valence-electron chi connectivity index (χ1n) is 10.7. The Bertz CT molecular complexity index is 1530. The maximum atomic E-state index is 13.6. The lowest BCUT2D eigenvalue weighted by Gasteiger charge is -2.29. The molecule has 0 fully saturated rings. The van der Waals surface area contributed by atoms with Gasteiger partial charge in [-0.1, -0.05) is 41.9 Å². The van der Waals surface area contributed by atoms with Gasteiger partial charge in [0.25, 0.3) is 5.56 Å². The van der Waals surface area contributed by atoms with Gasteiger partial charge in [0.15, 0.2) is 0 Å². The number of carbonyl (C=O) groups excluding carboxylic acids is 1. The fourth-order valence-corrected chi connectivity index (χ4v) is 5.71. The lowest BCUT2D eigenvalue weighted by molar-refractivity contribution is -0.132. The number of hydrogen-bond acceptors (Lipinski definition) is 4. The molecule has 2 aromatic heterocycles. The Labute approximate surface area is 199 Å². The highest BCUT2D eigenvalue weighted by molar-refractivity contribution is 7.18. The van der Waals surface area contributed by atoms with Crippen molar-refractivity contribution in [2.45, 2.75) is 33.4 Å². The Kier molecular flexibility index (Phi) is 5.46. The summed E-state index contributed by atoms with van der Waals surface area (Å²) in [7, 11) is 0. The SMILES string of the molecule is Cc1sc2c(c1C)c(=O)n(-c1cccc(Cl)c1)c(=O)n2CC(=O)N1CCc2ccccc2C1. The Hall–Kier alpha value is -3.16. The van der Waals surface area contributed by atoms with Gasteiger partial charge in [-0.15, -0.1) is 11.3 Å². The lowest BCUT2D eigenvalue weighted by Crippen LogP contribution is -2.43. The predicted octanol–water partition coefficient (Wildman–Crippen LogP) is 4.07. The number of amides is 1. The van der Waals surface area contributed by atoms with E-state index >= 15 is 0 Å². The molecule has 168 valence electrons. The third-order valence-electron chi connectivity index (χ3n) is 6.29. The molecule has 0 unspecified atom stereocenters. The van der Waals surface area contributed by atoms with Crippen LogP contribution in [0.15, 0.2) is 58.1 Å². The molecule has 0 saturated heterocycles. The quantitative estimate of drug-likeness (QED) is 0.445. The highest BCUT2D eigenvalue weighted by Gasteiger charge is 2.25. The van der Waals surface area contributed by atoms with E-state index in [1.807, 2.05) is 32.0 Å². The van der Waals surface area contributed by atoms with Crippen LogP contribution in [0.3, 0.4) is 0 Å². The van der Waals surface area contributed by atoms with Crippen LogP contribution in [0.2, 0.25) is 5.02 Å². The summed E-state index contributed by atoms with van der Waals surface area (Å²) >= 11 is 7.51. The van der Waals surface area contributed by atoms with E-state index in [4.69, 9.17) is 11.6 Å². The van der Waals surface area contributed by atoms with Crippen molar-refractivity contribution in [3.05, 3.63) is 96.0 Å². The molecular weight excluding hydrogens is 458 g/mol. The number of hydrogen-bond donors (Lipinski definition) is 0. The van der Waals surface area contributed by atoms with Crippen molar-refractivity contribution in [3.63, 3.8) is 0 Å². The van der Waals surface area contributed by atoms with Gasteiger partial charge in [0.2, 0.25) is 5.91 Å². The van der Waals surface area contributed by atoms with Crippen molar-refractivity contribution in [1.82, 2.24) is 14.0 Å². The van der Waals surface area contributed by atoms with Crippen LogP contribution in [0.4, 0.5) is 0 Å². The number of nitrogens with zero attached hydrogens (tertiary/aromatic N) is 3. The summed E-state index contributed by atoms with van der Waals surface area (Å²) in [5.41, 5.74) is 2.65. The second kappa shape index (κ2) is 8.32. The first-order chi connectivity index (χ1) is 15.8. The van der Waals surface area contributed by atoms with Crippen LogP contribution in [0.5, 0.6) is 0 Å². The molecule has 4 aromatic rings. The molecule has 8 heteroatoms. The minimum atomic E-state index is -0.540. The second-order valence-electron chi connectivity index (χ2n) is 8.29. The summed E-state index contributed by atoms with van der Waals surface area (Å²) in [6.07, 6.45) is 0.783. The summed E-state index contributed by atoms with van der Waals surface area (Å²) in [4.78, 5) is 43.5. The zero-order valence-corrected chi connectivity index (χ0v) is 19.9. The predicted molar refractivity (Wildman–Crippen MR) is 132 cm³/mol. The molecule has 0 radical (unpaired) electrons. The molecule has 0 saturated carbocycles. The van der Waals surface area contributed by atoms with E-state index in [1.165, 1.54) is 21.5 Å². The van der Waals surface area contributed by atoms with Crippen LogP contribution < -0.4 is 11.2 Å².